The van der Waals surface area contributed by atoms with Crippen LogP contribution in [0.5, 0.6) is 0 Å². The molecule has 5 nitrogen and oxygen atoms in total. The summed E-state index contributed by atoms with van der Waals surface area (Å²) in [4.78, 5) is 27.2. The molecule has 2 rings (SSSR count). The first-order chi connectivity index (χ1) is 9.95. The number of hydrogen-bond donors (Lipinski definition) is 2. The summed E-state index contributed by atoms with van der Waals surface area (Å²) in [5, 5.41) is 11.9. The minimum atomic E-state index is -0.787. The quantitative estimate of drug-likeness (QED) is 0.898. The van der Waals surface area contributed by atoms with E-state index in [4.69, 9.17) is 5.11 Å². The van der Waals surface area contributed by atoms with Crippen LogP contribution in [0.3, 0.4) is 0 Å². The fourth-order valence-corrected chi connectivity index (χ4v) is 3.58. The number of nitrogens with zero attached hydrogens (tertiary/aromatic N) is 1. The van der Waals surface area contributed by atoms with Crippen LogP contribution in [0.1, 0.15) is 42.0 Å². The predicted octanol–water partition coefficient (Wildman–Crippen LogP) is 3.01. The molecule has 0 spiro atoms. The van der Waals surface area contributed by atoms with Gasteiger partial charge >= 0.3 is 12.0 Å². The van der Waals surface area contributed by atoms with E-state index in [1.165, 1.54) is 4.88 Å². The summed E-state index contributed by atoms with van der Waals surface area (Å²) in [7, 11) is 0. The largest absolute Gasteiger partial charge is 0.481 e. The van der Waals surface area contributed by atoms with Gasteiger partial charge in [0, 0.05) is 29.3 Å². The molecule has 1 aromatic rings. The van der Waals surface area contributed by atoms with Gasteiger partial charge in [-0.25, -0.2) is 4.79 Å². The zero-order valence-electron chi connectivity index (χ0n) is 12.5. The smallest absolute Gasteiger partial charge is 0.317 e. The van der Waals surface area contributed by atoms with Gasteiger partial charge < -0.3 is 15.3 Å². The maximum Gasteiger partial charge on any atom is 0.317 e. The average molecular weight is 310 g/mol. The van der Waals surface area contributed by atoms with Crippen molar-refractivity contribution in [2.24, 2.45) is 5.92 Å². The number of hydrogen-bond acceptors (Lipinski definition) is 3. The molecule has 2 N–H and O–H groups in total. The Morgan fingerprint density at radius 2 is 2.29 bits per heavy atom. The first kappa shape index (κ1) is 15.8. The number of carbonyl (C=O) groups is 2. The van der Waals surface area contributed by atoms with Gasteiger partial charge in [0.2, 0.25) is 0 Å². The van der Waals surface area contributed by atoms with Crippen LogP contribution in [0.15, 0.2) is 12.1 Å². The maximum absolute atomic E-state index is 12.3. The summed E-state index contributed by atoms with van der Waals surface area (Å²) in [6.07, 6.45) is 1.90. The minimum Gasteiger partial charge on any atom is -0.481 e. The number of rotatable bonds is 4. The Morgan fingerprint density at radius 3 is 2.90 bits per heavy atom. The summed E-state index contributed by atoms with van der Waals surface area (Å²) in [6.45, 7) is 5.26. The highest BCUT2D eigenvalue weighted by molar-refractivity contribution is 7.12. The molecule has 0 aromatic carbocycles. The van der Waals surface area contributed by atoms with Crippen molar-refractivity contribution < 1.29 is 14.7 Å². The summed E-state index contributed by atoms with van der Waals surface area (Å²) in [5.41, 5.74) is 0. The molecule has 1 aromatic heterocycles. The Morgan fingerprint density at radius 1 is 1.52 bits per heavy atom. The number of carboxylic acids is 1. The third-order valence-corrected chi connectivity index (χ3v) is 4.98. The molecule has 21 heavy (non-hydrogen) atoms. The van der Waals surface area contributed by atoms with Crippen LogP contribution in [0.4, 0.5) is 4.79 Å². The second kappa shape index (κ2) is 6.93. The molecule has 6 heteroatoms. The highest BCUT2D eigenvalue weighted by Gasteiger charge is 2.26. The Hall–Kier alpha value is -1.56. The Kier molecular flexibility index (Phi) is 5.22. The van der Waals surface area contributed by atoms with Crippen molar-refractivity contribution in [2.75, 3.05) is 13.1 Å². The molecule has 2 heterocycles. The molecule has 1 aliphatic rings. The monoisotopic (exact) mass is 310 g/mol. The van der Waals surface area contributed by atoms with Crippen LogP contribution in [0.25, 0.3) is 0 Å². The Balaban J connectivity index is 1.89. The van der Waals surface area contributed by atoms with Gasteiger partial charge in [0.25, 0.3) is 0 Å². The van der Waals surface area contributed by atoms with Crippen LogP contribution < -0.4 is 5.32 Å². The van der Waals surface area contributed by atoms with E-state index >= 15 is 0 Å². The predicted molar refractivity (Wildman–Crippen MR) is 82.6 cm³/mol. The van der Waals surface area contributed by atoms with E-state index in [0.717, 1.165) is 17.7 Å². The fraction of sp³-hybridized carbons (Fsp3) is 0.600. The summed E-state index contributed by atoms with van der Waals surface area (Å²) < 4.78 is 0. The maximum atomic E-state index is 12.3. The van der Waals surface area contributed by atoms with Crippen molar-refractivity contribution in [1.29, 1.82) is 0 Å². The third kappa shape index (κ3) is 4.46. The minimum absolute atomic E-state index is 0.0175. The second-order valence-electron chi connectivity index (χ2n) is 5.67. The number of nitrogens with one attached hydrogen (secondary N) is 1. The van der Waals surface area contributed by atoms with E-state index in [-0.39, 0.29) is 24.4 Å². The topological polar surface area (TPSA) is 69.6 Å². The number of thiophene rings is 1. The highest BCUT2D eigenvalue weighted by atomic mass is 32.1. The number of piperidine rings is 1. The lowest BCUT2D eigenvalue weighted by Crippen LogP contribution is -2.46. The molecule has 2 atom stereocenters. The molecule has 2 unspecified atom stereocenters. The van der Waals surface area contributed by atoms with Crippen LogP contribution >= 0.6 is 11.3 Å². The van der Waals surface area contributed by atoms with Crippen molar-refractivity contribution in [3.8, 4) is 0 Å². The zero-order valence-corrected chi connectivity index (χ0v) is 13.3. The van der Waals surface area contributed by atoms with Crippen molar-refractivity contribution in [2.45, 2.75) is 39.2 Å². The lowest BCUT2D eigenvalue weighted by atomic mass is 9.95. The molecule has 0 radical (unpaired) electrons. The number of carbonyl (C=O) groups excluding carboxylic acids is 1. The van der Waals surface area contributed by atoms with Crippen molar-refractivity contribution in [3.63, 3.8) is 0 Å². The Bertz CT molecular complexity index is 515. The van der Waals surface area contributed by atoms with Crippen LogP contribution in [-0.4, -0.2) is 35.1 Å². The van der Waals surface area contributed by atoms with Gasteiger partial charge in [-0.1, -0.05) is 0 Å². The standard InChI is InChI=1S/C15H22N2O3S/c1-10-5-6-13(21-10)11(2)16-15(20)17-7-3-4-12(9-17)8-14(18)19/h5-6,11-12H,3-4,7-9H2,1-2H3,(H,16,20)(H,18,19). The molecular weight excluding hydrogens is 288 g/mol. The number of aliphatic carboxylic acids is 1. The lowest BCUT2D eigenvalue weighted by Gasteiger charge is -2.32. The fourth-order valence-electron chi connectivity index (χ4n) is 2.70. The van der Waals surface area contributed by atoms with Gasteiger partial charge in [-0.05, 0) is 44.7 Å². The van der Waals surface area contributed by atoms with E-state index in [0.29, 0.717) is 13.1 Å². The number of urea groups is 1. The first-order valence-electron chi connectivity index (χ1n) is 7.29. The molecule has 0 saturated carbocycles. The van der Waals surface area contributed by atoms with Gasteiger partial charge in [0.05, 0.1) is 6.04 Å². The molecule has 2 amide bonds. The summed E-state index contributed by atoms with van der Waals surface area (Å²) in [6, 6.07) is 3.97. The van der Waals surface area contributed by atoms with Gasteiger partial charge in [-0.3, -0.25) is 4.79 Å². The Labute approximate surface area is 129 Å². The zero-order chi connectivity index (χ0) is 15.4. The van der Waals surface area contributed by atoms with Gasteiger partial charge in [-0.15, -0.1) is 11.3 Å². The highest BCUT2D eigenvalue weighted by Crippen LogP contribution is 2.24. The van der Waals surface area contributed by atoms with E-state index in [1.807, 2.05) is 26.0 Å². The van der Waals surface area contributed by atoms with Crippen LogP contribution in [-0.2, 0) is 4.79 Å². The van der Waals surface area contributed by atoms with E-state index in [9.17, 15) is 9.59 Å². The second-order valence-corrected chi connectivity index (χ2v) is 6.99. The molecule has 0 aliphatic carbocycles. The third-order valence-electron chi connectivity index (χ3n) is 3.80. The normalized spacial score (nSPS) is 20.1. The number of carboxylic acid groups (broad SMARTS) is 1. The molecule has 1 fully saturated rings. The van der Waals surface area contributed by atoms with Gasteiger partial charge in [0.15, 0.2) is 0 Å². The van der Waals surface area contributed by atoms with Crippen molar-refractivity contribution in [3.05, 3.63) is 21.9 Å². The first-order valence-corrected chi connectivity index (χ1v) is 8.11. The average Bonchev–Trinajstić information content (AvgIpc) is 2.85. The summed E-state index contributed by atoms with van der Waals surface area (Å²) in [5.74, 6) is -0.717. The van der Waals surface area contributed by atoms with E-state index in [1.54, 1.807) is 16.2 Å². The van der Waals surface area contributed by atoms with E-state index in [2.05, 4.69) is 5.32 Å². The number of likely N-dealkylation sites (tertiary alicyclic amines) is 1. The van der Waals surface area contributed by atoms with Crippen LogP contribution in [0, 0.1) is 12.8 Å². The van der Waals surface area contributed by atoms with Gasteiger partial charge in [-0.2, -0.15) is 0 Å². The van der Waals surface area contributed by atoms with Crippen molar-refractivity contribution in [1.82, 2.24) is 10.2 Å². The summed E-state index contributed by atoms with van der Waals surface area (Å²) >= 11 is 1.68. The molecular formula is C15H22N2O3S. The van der Waals surface area contributed by atoms with Crippen molar-refractivity contribution >= 4 is 23.3 Å². The van der Waals surface area contributed by atoms with Gasteiger partial charge in [0.1, 0.15) is 0 Å². The molecule has 0 bridgehead atoms. The molecule has 1 aliphatic heterocycles. The molecule has 1 saturated heterocycles. The van der Waals surface area contributed by atoms with E-state index < -0.39 is 5.97 Å². The number of amides is 2. The number of aryl methyl sites for hydroxylation is 1. The lowest BCUT2D eigenvalue weighted by molar-refractivity contribution is -0.138. The SMILES string of the molecule is Cc1ccc(C(C)NC(=O)N2CCCC(CC(=O)O)C2)s1. The molecule has 116 valence electrons. The van der Waals surface area contributed by atoms with Crippen LogP contribution in [0.2, 0.25) is 0 Å².